The number of carbonyl (C=O) groups is 2. The zero-order valence-electron chi connectivity index (χ0n) is 11.9. The van der Waals surface area contributed by atoms with Crippen molar-refractivity contribution in [2.45, 2.75) is 26.8 Å². The van der Waals surface area contributed by atoms with Crippen LogP contribution in [0.25, 0.3) is 0 Å². The summed E-state index contributed by atoms with van der Waals surface area (Å²) in [5, 5.41) is 15.5. The normalized spacial score (nSPS) is 12.0. The average molecular weight is 289 g/mol. The second kappa shape index (κ2) is 5.74. The molecule has 2 aromatic rings. The molecule has 2 heterocycles. The predicted octanol–water partition coefficient (Wildman–Crippen LogP) is 1.88. The van der Waals surface area contributed by atoms with Gasteiger partial charge in [0.15, 0.2) is 0 Å². The number of carbonyl (C=O) groups excluding carboxylic acids is 1. The van der Waals surface area contributed by atoms with Crippen molar-refractivity contribution in [1.29, 1.82) is 0 Å². The van der Waals surface area contributed by atoms with Crippen molar-refractivity contribution < 1.29 is 19.2 Å². The Morgan fingerprint density at radius 3 is 2.67 bits per heavy atom. The maximum absolute atomic E-state index is 12.2. The summed E-state index contributed by atoms with van der Waals surface area (Å²) in [5.41, 5.74) is 1.59. The molecule has 7 heteroatoms. The molecule has 1 atom stereocenters. The minimum Gasteiger partial charge on any atom is -0.477 e. The van der Waals surface area contributed by atoms with Crippen LogP contribution in [0.2, 0.25) is 0 Å². The Labute approximate surface area is 121 Å². The molecule has 2 N–H and O–H groups in total. The molecule has 0 aromatic carbocycles. The number of aryl methyl sites for hydroxylation is 2. The minimum atomic E-state index is -1.18. The highest BCUT2D eigenvalue weighted by molar-refractivity contribution is 5.96. The van der Waals surface area contributed by atoms with Crippen LogP contribution in [0, 0.1) is 13.8 Å². The third kappa shape index (κ3) is 3.07. The van der Waals surface area contributed by atoms with Crippen LogP contribution in [-0.4, -0.2) is 27.1 Å². The number of carboxylic acids is 1. The molecule has 0 saturated carbocycles. The molecule has 0 fully saturated rings. The van der Waals surface area contributed by atoms with Crippen molar-refractivity contribution in [3.63, 3.8) is 0 Å². The molecule has 1 amide bonds. The fourth-order valence-corrected chi connectivity index (χ4v) is 2.15. The molecule has 0 aliphatic rings. The third-order valence-corrected chi connectivity index (χ3v) is 3.11. The van der Waals surface area contributed by atoms with E-state index in [0.717, 1.165) is 5.56 Å². The molecule has 0 bridgehead atoms. The lowest BCUT2D eigenvalue weighted by molar-refractivity contribution is 0.0690. The fraction of sp³-hybridized carbons (Fsp3) is 0.286. The van der Waals surface area contributed by atoms with Gasteiger partial charge in [0, 0.05) is 17.3 Å². The highest BCUT2D eigenvalue weighted by Crippen LogP contribution is 2.21. The van der Waals surface area contributed by atoms with E-state index in [1.165, 1.54) is 18.3 Å². The number of pyridine rings is 1. The molecule has 0 spiro atoms. The lowest BCUT2D eigenvalue weighted by Gasteiger charge is -2.13. The summed E-state index contributed by atoms with van der Waals surface area (Å²) in [6.07, 6.45) is 1.29. The number of amides is 1. The summed E-state index contributed by atoms with van der Waals surface area (Å²) in [4.78, 5) is 26.7. The number of nitrogens with zero attached hydrogens (tertiary/aromatic N) is 2. The number of hydrogen-bond donors (Lipinski definition) is 2. The van der Waals surface area contributed by atoms with Gasteiger partial charge in [0.25, 0.3) is 5.91 Å². The van der Waals surface area contributed by atoms with Gasteiger partial charge in [-0.15, -0.1) is 0 Å². The number of nitrogens with one attached hydrogen (secondary N) is 1. The van der Waals surface area contributed by atoms with Crippen molar-refractivity contribution >= 4 is 11.9 Å². The van der Waals surface area contributed by atoms with Gasteiger partial charge >= 0.3 is 5.97 Å². The van der Waals surface area contributed by atoms with Gasteiger partial charge in [-0.05, 0) is 32.9 Å². The maximum Gasteiger partial charge on any atom is 0.354 e. The van der Waals surface area contributed by atoms with E-state index in [9.17, 15) is 9.59 Å². The van der Waals surface area contributed by atoms with Crippen LogP contribution in [0.5, 0.6) is 0 Å². The van der Waals surface area contributed by atoms with E-state index in [1.807, 2.05) is 6.92 Å². The Bertz CT molecular complexity index is 674. The number of carboxylic acid groups (broad SMARTS) is 1. The van der Waals surface area contributed by atoms with E-state index in [2.05, 4.69) is 15.5 Å². The molecule has 0 radical (unpaired) electrons. The first-order valence-electron chi connectivity index (χ1n) is 6.33. The van der Waals surface area contributed by atoms with Crippen molar-refractivity contribution in [3.05, 3.63) is 46.6 Å². The molecule has 7 nitrogen and oxygen atoms in total. The van der Waals surface area contributed by atoms with Gasteiger partial charge in [0.05, 0.1) is 11.7 Å². The largest absolute Gasteiger partial charge is 0.477 e. The number of rotatable bonds is 4. The van der Waals surface area contributed by atoms with Gasteiger partial charge < -0.3 is 14.9 Å². The minimum absolute atomic E-state index is 0.173. The number of aromatic carboxylic acids is 1. The molecular weight excluding hydrogens is 274 g/mol. The molecule has 110 valence electrons. The third-order valence-electron chi connectivity index (χ3n) is 3.11. The maximum atomic E-state index is 12.2. The summed E-state index contributed by atoms with van der Waals surface area (Å²) < 4.78 is 5.07. The first-order valence-corrected chi connectivity index (χ1v) is 6.33. The molecule has 0 aliphatic carbocycles. The van der Waals surface area contributed by atoms with Crippen LogP contribution in [0.3, 0.4) is 0 Å². The van der Waals surface area contributed by atoms with Crippen molar-refractivity contribution in [2.75, 3.05) is 0 Å². The first kappa shape index (κ1) is 14.7. The quantitative estimate of drug-likeness (QED) is 0.890. The van der Waals surface area contributed by atoms with Crippen molar-refractivity contribution in [2.24, 2.45) is 0 Å². The van der Waals surface area contributed by atoms with E-state index in [4.69, 9.17) is 9.63 Å². The summed E-state index contributed by atoms with van der Waals surface area (Å²) in [7, 11) is 0. The Morgan fingerprint density at radius 1 is 1.38 bits per heavy atom. The van der Waals surface area contributed by atoms with Gasteiger partial charge in [0.2, 0.25) is 0 Å². The molecule has 0 aliphatic heterocycles. The van der Waals surface area contributed by atoms with Gasteiger partial charge in [-0.3, -0.25) is 4.79 Å². The van der Waals surface area contributed by atoms with Crippen LogP contribution in [-0.2, 0) is 0 Å². The van der Waals surface area contributed by atoms with Crippen LogP contribution >= 0.6 is 0 Å². The molecule has 21 heavy (non-hydrogen) atoms. The predicted molar refractivity (Wildman–Crippen MR) is 73.1 cm³/mol. The van der Waals surface area contributed by atoms with E-state index >= 15 is 0 Å². The summed E-state index contributed by atoms with van der Waals surface area (Å²) in [6, 6.07) is 2.39. The summed E-state index contributed by atoms with van der Waals surface area (Å²) in [5.74, 6) is -0.919. The van der Waals surface area contributed by atoms with Crippen LogP contribution in [0.1, 0.15) is 50.8 Å². The van der Waals surface area contributed by atoms with Crippen molar-refractivity contribution in [3.8, 4) is 0 Å². The number of hydrogen-bond acceptors (Lipinski definition) is 5. The van der Waals surface area contributed by atoms with Gasteiger partial charge in [-0.25, -0.2) is 9.78 Å². The van der Waals surface area contributed by atoms with E-state index in [-0.39, 0.29) is 23.2 Å². The van der Waals surface area contributed by atoms with Crippen LogP contribution in [0.4, 0.5) is 0 Å². The summed E-state index contributed by atoms with van der Waals surface area (Å²) >= 11 is 0. The molecule has 0 saturated heterocycles. The highest BCUT2D eigenvalue weighted by atomic mass is 16.5. The average Bonchev–Trinajstić information content (AvgIpc) is 2.78. The Morgan fingerprint density at radius 2 is 2.10 bits per heavy atom. The Kier molecular flexibility index (Phi) is 4.02. The zero-order valence-corrected chi connectivity index (χ0v) is 11.9. The molecule has 2 rings (SSSR count). The topological polar surface area (TPSA) is 105 Å². The lowest BCUT2D eigenvalue weighted by Crippen LogP contribution is -2.27. The van der Waals surface area contributed by atoms with Gasteiger partial charge in [0.1, 0.15) is 11.5 Å². The Balaban J connectivity index is 2.18. The second-order valence-corrected chi connectivity index (χ2v) is 4.67. The van der Waals surface area contributed by atoms with E-state index < -0.39 is 5.97 Å². The Hall–Kier alpha value is -2.70. The van der Waals surface area contributed by atoms with Crippen LogP contribution in [0.15, 0.2) is 22.9 Å². The molecular formula is C14H15N3O4. The summed E-state index contributed by atoms with van der Waals surface area (Å²) in [6.45, 7) is 5.38. The van der Waals surface area contributed by atoms with Gasteiger partial charge in [-0.1, -0.05) is 5.16 Å². The van der Waals surface area contributed by atoms with Crippen molar-refractivity contribution in [1.82, 2.24) is 15.5 Å². The second-order valence-electron chi connectivity index (χ2n) is 4.67. The smallest absolute Gasteiger partial charge is 0.354 e. The number of aromatic nitrogens is 2. The van der Waals surface area contributed by atoms with E-state index in [0.29, 0.717) is 11.5 Å². The lowest BCUT2D eigenvalue weighted by atomic mass is 10.1. The van der Waals surface area contributed by atoms with E-state index in [1.54, 1.807) is 13.8 Å². The standard InChI is InChI=1S/C14H15N3O4/c1-7(12-8(2)17-21-9(12)3)16-13(18)10-4-5-15-11(6-10)14(19)20/h4-7H,1-3H3,(H,16,18)(H,19,20). The molecule has 2 aromatic heterocycles. The van der Waals surface area contributed by atoms with Gasteiger partial charge in [-0.2, -0.15) is 0 Å². The fourth-order valence-electron chi connectivity index (χ4n) is 2.15. The monoisotopic (exact) mass is 289 g/mol. The SMILES string of the molecule is Cc1noc(C)c1C(C)NC(=O)c1ccnc(C(=O)O)c1. The molecule has 1 unspecified atom stereocenters. The first-order chi connectivity index (χ1) is 9.90. The highest BCUT2D eigenvalue weighted by Gasteiger charge is 2.19. The zero-order chi connectivity index (χ0) is 15.6. The van der Waals surface area contributed by atoms with Crippen LogP contribution < -0.4 is 5.32 Å².